The van der Waals surface area contributed by atoms with Gasteiger partial charge in [0.1, 0.15) is 0 Å². The first-order chi connectivity index (χ1) is 5.00. The first-order valence-corrected chi connectivity index (χ1v) is 4.29. The van der Waals surface area contributed by atoms with E-state index in [-0.39, 0.29) is 17.4 Å². The standard InChI is InChI=1S/C5H7N3O2S.ClH/c6-4-1-2-5(8-3-4)11(7,9)10;/h1-3H,6H2,(H2,7,9,10);1H. The number of pyridine rings is 1. The minimum atomic E-state index is -3.69. The molecule has 0 amide bonds. The van der Waals surface area contributed by atoms with E-state index in [1.807, 2.05) is 0 Å². The van der Waals surface area contributed by atoms with Gasteiger partial charge in [0.25, 0.3) is 10.0 Å². The molecular formula is C5H8ClN3O2S. The largest absolute Gasteiger partial charge is 0.397 e. The van der Waals surface area contributed by atoms with Crippen molar-refractivity contribution in [2.75, 3.05) is 5.73 Å². The van der Waals surface area contributed by atoms with Crippen molar-refractivity contribution in [2.24, 2.45) is 5.14 Å². The van der Waals surface area contributed by atoms with Crippen LogP contribution in [0.25, 0.3) is 0 Å². The Morgan fingerprint density at radius 1 is 1.33 bits per heavy atom. The molecule has 0 saturated carbocycles. The molecule has 0 radical (unpaired) electrons. The lowest BCUT2D eigenvalue weighted by Crippen LogP contribution is -2.13. The number of nitrogens with two attached hydrogens (primary N) is 2. The van der Waals surface area contributed by atoms with Crippen molar-refractivity contribution in [3.8, 4) is 0 Å². The molecule has 5 nitrogen and oxygen atoms in total. The molecule has 0 atom stereocenters. The third kappa shape index (κ3) is 2.65. The molecule has 0 aliphatic heterocycles. The summed E-state index contributed by atoms with van der Waals surface area (Å²) in [5, 5.41) is 4.60. The van der Waals surface area contributed by atoms with Gasteiger partial charge in [-0.05, 0) is 12.1 Å². The SMILES string of the molecule is Cl.Nc1ccc(S(N)(=O)=O)nc1. The Labute approximate surface area is 76.2 Å². The smallest absolute Gasteiger partial charge is 0.255 e. The molecular weight excluding hydrogens is 202 g/mol. The first kappa shape index (κ1) is 11.2. The predicted octanol–water partition coefficient (Wildman–Crippen LogP) is -0.267. The molecule has 0 spiro atoms. The second kappa shape index (κ2) is 3.70. The van der Waals surface area contributed by atoms with Crippen LogP contribution >= 0.6 is 12.4 Å². The number of nitrogen functional groups attached to an aromatic ring is 1. The number of anilines is 1. The van der Waals surface area contributed by atoms with Crippen LogP contribution in [0.1, 0.15) is 0 Å². The van der Waals surface area contributed by atoms with Gasteiger partial charge >= 0.3 is 0 Å². The number of sulfonamides is 1. The molecule has 4 N–H and O–H groups in total. The van der Waals surface area contributed by atoms with Crippen molar-refractivity contribution in [3.63, 3.8) is 0 Å². The van der Waals surface area contributed by atoms with Crippen molar-refractivity contribution >= 4 is 28.1 Å². The number of nitrogens with zero attached hydrogens (tertiary/aromatic N) is 1. The van der Waals surface area contributed by atoms with Crippen molar-refractivity contribution in [1.82, 2.24) is 4.98 Å². The molecule has 12 heavy (non-hydrogen) atoms. The lowest BCUT2D eigenvalue weighted by molar-refractivity contribution is 0.594. The van der Waals surface area contributed by atoms with Gasteiger partial charge in [0.15, 0.2) is 5.03 Å². The van der Waals surface area contributed by atoms with Crippen LogP contribution in [0.5, 0.6) is 0 Å². The Morgan fingerprint density at radius 2 is 1.92 bits per heavy atom. The van der Waals surface area contributed by atoms with Gasteiger partial charge in [-0.25, -0.2) is 18.5 Å². The number of aromatic nitrogens is 1. The van der Waals surface area contributed by atoms with E-state index in [4.69, 9.17) is 10.9 Å². The van der Waals surface area contributed by atoms with Crippen molar-refractivity contribution < 1.29 is 8.42 Å². The number of hydrogen-bond donors (Lipinski definition) is 2. The van der Waals surface area contributed by atoms with Crippen molar-refractivity contribution in [3.05, 3.63) is 18.3 Å². The zero-order valence-corrected chi connectivity index (χ0v) is 7.60. The zero-order chi connectivity index (χ0) is 8.48. The maximum absolute atomic E-state index is 10.6. The maximum Gasteiger partial charge on any atom is 0.255 e. The van der Waals surface area contributed by atoms with Crippen molar-refractivity contribution in [1.29, 1.82) is 0 Å². The summed E-state index contributed by atoms with van der Waals surface area (Å²) in [7, 11) is -3.69. The highest BCUT2D eigenvalue weighted by atomic mass is 35.5. The zero-order valence-electron chi connectivity index (χ0n) is 5.97. The molecule has 0 fully saturated rings. The average Bonchev–Trinajstić information content (AvgIpc) is 1.86. The topological polar surface area (TPSA) is 99.1 Å². The summed E-state index contributed by atoms with van der Waals surface area (Å²) in [5.41, 5.74) is 5.67. The van der Waals surface area contributed by atoms with Gasteiger partial charge < -0.3 is 5.73 Å². The van der Waals surface area contributed by atoms with E-state index in [1.54, 1.807) is 0 Å². The molecule has 1 rings (SSSR count). The number of hydrogen-bond acceptors (Lipinski definition) is 4. The van der Waals surface area contributed by atoms with Gasteiger partial charge in [-0.3, -0.25) is 0 Å². The third-order valence-electron chi connectivity index (χ3n) is 1.05. The highest BCUT2D eigenvalue weighted by Crippen LogP contribution is 2.04. The second-order valence-electron chi connectivity index (χ2n) is 1.97. The van der Waals surface area contributed by atoms with Crippen LogP contribution in [0, 0.1) is 0 Å². The van der Waals surface area contributed by atoms with Crippen LogP contribution in [-0.2, 0) is 10.0 Å². The minimum Gasteiger partial charge on any atom is -0.397 e. The van der Waals surface area contributed by atoms with E-state index >= 15 is 0 Å². The minimum absolute atomic E-state index is 0. The van der Waals surface area contributed by atoms with E-state index in [0.29, 0.717) is 5.69 Å². The molecule has 1 aromatic rings. The van der Waals surface area contributed by atoms with Crippen LogP contribution in [0.2, 0.25) is 0 Å². The maximum atomic E-state index is 10.6. The Kier molecular flexibility index (Phi) is 3.44. The monoisotopic (exact) mass is 209 g/mol. The van der Waals surface area contributed by atoms with Gasteiger partial charge in [0.05, 0.1) is 11.9 Å². The summed E-state index contributed by atoms with van der Waals surface area (Å²) in [4.78, 5) is 3.51. The molecule has 0 saturated heterocycles. The molecule has 0 aliphatic rings. The first-order valence-electron chi connectivity index (χ1n) is 2.74. The fraction of sp³-hybridized carbons (Fsp3) is 0. The van der Waals surface area contributed by atoms with E-state index < -0.39 is 10.0 Å². The Bertz CT molecular complexity index is 347. The molecule has 0 aliphatic carbocycles. The summed E-state index contributed by atoms with van der Waals surface area (Å²) < 4.78 is 21.2. The van der Waals surface area contributed by atoms with Gasteiger partial charge in [-0.1, -0.05) is 0 Å². The number of primary sulfonamides is 1. The van der Waals surface area contributed by atoms with Gasteiger partial charge in [-0.15, -0.1) is 12.4 Å². The second-order valence-corrected chi connectivity index (χ2v) is 3.48. The fourth-order valence-electron chi connectivity index (χ4n) is 0.560. The summed E-state index contributed by atoms with van der Waals surface area (Å²) in [6.07, 6.45) is 1.24. The van der Waals surface area contributed by atoms with E-state index in [9.17, 15) is 8.42 Å². The summed E-state index contributed by atoms with van der Waals surface area (Å²) in [6.45, 7) is 0. The molecule has 7 heteroatoms. The van der Waals surface area contributed by atoms with E-state index in [0.717, 1.165) is 0 Å². The third-order valence-corrected chi connectivity index (χ3v) is 1.88. The van der Waals surface area contributed by atoms with E-state index in [1.165, 1.54) is 18.3 Å². The molecule has 1 aromatic heterocycles. The highest BCUT2D eigenvalue weighted by molar-refractivity contribution is 7.89. The lowest BCUT2D eigenvalue weighted by Gasteiger charge is -1.95. The van der Waals surface area contributed by atoms with Gasteiger partial charge in [0.2, 0.25) is 0 Å². The quantitative estimate of drug-likeness (QED) is 0.665. The van der Waals surface area contributed by atoms with Crippen LogP contribution in [-0.4, -0.2) is 13.4 Å². The van der Waals surface area contributed by atoms with Crippen LogP contribution < -0.4 is 10.9 Å². The van der Waals surface area contributed by atoms with Crippen LogP contribution in [0.3, 0.4) is 0 Å². The number of halogens is 1. The Balaban J connectivity index is 0.00000121. The molecule has 68 valence electrons. The Morgan fingerprint density at radius 3 is 2.25 bits per heavy atom. The van der Waals surface area contributed by atoms with Gasteiger partial charge in [-0.2, -0.15) is 0 Å². The van der Waals surface area contributed by atoms with Crippen LogP contribution in [0.4, 0.5) is 5.69 Å². The van der Waals surface area contributed by atoms with E-state index in [2.05, 4.69) is 4.98 Å². The molecule has 1 heterocycles. The lowest BCUT2D eigenvalue weighted by atomic mass is 10.4. The number of rotatable bonds is 1. The molecule has 0 bridgehead atoms. The normalized spacial score (nSPS) is 10.4. The molecule has 0 unspecified atom stereocenters. The van der Waals surface area contributed by atoms with Gasteiger partial charge in [0, 0.05) is 0 Å². The highest BCUT2D eigenvalue weighted by Gasteiger charge is 2.07. The summed E-state index contributed by atoms with van der Waals surface area (Å²) in [6, 6.07) is 2.68. The molecule has 0 aromatic carbocycles. The summed E-state index contributed by atoms with van der Waals surface area (Å²) >= 11 is 0. The Hall–Kier alpha value is -0.850. The fourth-order valence-corrected chi connectivity index (χ4v) is 1.02. The predicted molar refractivity (Wildman–Crippen MR) is 47.3 cm³/mol. The average molecular weight is 210 g/mol. The van der Waals surface area contributed by atoms with Crippen LogP contribution in [0.15, 0.2) is 23.4 Å². The summed E-state index contributed by atoms with van der Waals surface area (Å²) in [5.74, 6) is 0. The van der Waals surface area contributed by atoms with Crippen molar-refractivity contribution in [2.45, 2.75) is 5.03 Å².